The molecule has 2 rings (SSSR count). The van der Waals surface area contributed by atoms with Gasteiger partial charge < -0.3 is 33.2 Å². The molecular weight excluding hydrogens is 376 g/mol. The van der Waals surface area contributed by atoms with Crippen LogP contribution in [0, 0.1) is 0 Å². The molecule has 1 heterocycles. The van der Waals surface area contributed by atoms with Gasteiger partial charge in [0, 0.05) is 0 Å². The van der Waals surface area contributed by atoms with E-state index in [-0.39, 0.29) is 6.10 Å². The fourth-order valence-electron chi connectivity index (χ4n) is 2.57. The smallest absolute Gasteiger partial charge is 0.104 e. The monoisotopic (exact) mass is 410 g/mol. The summed E-state index contributed by atoms with van der Waals surface area (Å²) in [6.45, 7) is 10.5. The maximum Gasteiger partial charge on any atom is 0.104 e. The molecule has 0 aliphatic carbocycles. The van der Waals surface area contributed by atoms with Gasteiger partial charge in [-0.05, 0) is 11.1 Å². The molecule has 1 fully saturated rings. The standard InChI is InChI=1S/C22H34O7/c1-2-20-3-5-21(6-4-20)17-28-19-22-18-27-14-13-25-10-9-23-7-8-24-11-12-26-15-16-29-22/h2-6,22H,1,7-19H2. The van der Waals surface area contributed by atoms with Gasteiger partial charge in [-0.3, -0.25) is 0 Å². The summed E-state index contributed by atoms with van der Waals surface area (Å²) in [4.78, 5) is 0. The second kappa shape index (κ2) is 16.5. The van der Waals surface area contributed by atoms with Crippen molar-refractivity contribution < 1.29 is 33.2 Å². The molecule has 0 spiro atoms. The van der Waals surface area contributed by atoms with Gasteiger partial charge in [0.25, 0.3) is 0 Å². The minimum atomic E-state index is -0.162. The summed E-state index contributed by atoms with van der Waals surface area (Å²) < 4.78 is 39.2. The molecule has 0 radical (unpaired) electrons. The minimum Gasteiger partial charge on any atom is -0.377 e. The van der Waals surface area contributed by atoms with Gasteiger partial charge in [0.1, 0.15) is 6.10 Å². The summed E-state index contributed by atoms with van der Waals surface area (Å²) >= 11 is 0. The van der Waals surface area contributed by atoms with Crippen molar-refractivity contribution in [1.82, 2.24) is 0 Å². The SMILES string of the molecule is C=Cc1ccc(COCC2COCCOCCOCCOCCOCCO2)cc1. The Labute approximate surface area is 173 Å². The molecule has 1 saturated heterocycles. The predicted octanol–water partition coefficient (Wildman–Crippen LogP) is 2.33. The summed E-state index contributed by atoms with van der Waals surface area (Å²) in [6, 6.07) is 8.12. The van der Waals surface area contributed by atoms with Gasteiger partial charge in [-0.2, -0.15) is 0 Å². The molecule has 164 valence electrons. The lowest BCUT2D eigenvalue weighted by Crippen LogP contribution is -2.28. The van der Waals surface area contributed by atoms with Crippen LogP contribution in [0.3, 0.4) is 0 Å². The fraction of sp³-hybridized carbons (Fsp3) is 0.636. The maximum absolute atomic E-state index is 5.87. The first-order valence-electron chi connectivity index (χ1n) is 10.2. The lowest BCUT2D eigenvalue weighted by molar-refractivity contribution is -0.0865. The Balaban J connectivity index is 1.69. The highest BCUT2D eigenvalue weighted by molar-refractivity contribution is 5.47. The van der Waals surface area contributed by atoms with Gasteiger partial charge in [0.05, 0.1) is 85.9 Å². The average Bonchev–Trinajstić information content (AvgIpc) is 2.75. The van der Waals surface area contributed by atoms with E-state index in [1.54, 1.807) is 0 Å². The number of hydrogen-bond acceptors (Lipinski definition) is 7. The van der Waals surface area contributed by atoms with E-state index in [2.05, 4.69) is 6.58 Å². The second-order valence-electron chi connectivity index (χ2n) is 6.48. The molecule has 0 amide bonds. The van der Waals surface area contributed by atoms with Crippen LogP contribution in [0.5, 0.6) is 0 Å². The van der Waals surface area contributed by atoms with E-state index in [0.29, 0.717) is 85.9 Å². The van der Waals surface area contributed by atoms with Crippen LogP contribution < -0.4 is 0 Å². The summed E-state index contributed by atoms with van der Waals surface area (Å²) in [7, 11) is 0. The van der Waals surface area contributed by atoms with Gasteiger partial charge in [0.2, 0.25) is 0 Å². The third-order valence-corrected chi connectivity index (χ3v) is 4.16. The lowest BCUT2D eigenvalue weighted by atomic mass is 10.1. The Kier molecular flexibility index (Phi) is 13.6. The number of rotatable bonds is 5. The first kappa shape index (κ1) is 24.0. The van der Waals surface area contributed by atoms with Crippen LogP contribution in [0.15, 0.2) is 30.8 Å². The molecule has 0 saturated carbocycles. The molecule has 0 aromatic heterocycles. The average molecular weight is 411 g/mol. The van der Waals surface area contributed by atoms with Gasteiger partial charge >= 0.3 is 0 Å². The molecule has 29 heavy (non-hydrogen) atoms. The van der Waals surface area contributed by atoms with Crippen molar-refractivity contribution in [1.29, 1.82) is 0 Å². The normalized spacial score (nSPS) is 21.7. The summed E-state index contributed by atoms with van der Waals surface area (Å²) in [5.41, 5.74) is 2.20. The Hall–Kier alpha value is -1.32. The van der Waals surface area contributed by atoms with E-state index in [1.165, 1.54) is 0 Å². The zero-order valence-corrected chi connectivity index (χ0v) is 17.2. The Bertz CT molecular complexity index is 502. The zero-order valence-electron chi connectivity index (χ0n) is 17.2. The zero-order chi connectivity index (χ0) is 20.4. The van der Waals surface area contributed by atoms with Gasteiger partial charge in [0.15, 0.2) is 0 Å². The highest BCUT2D eigenvalue weighted by atomic mass is 16.6. The van der Waals surface area contributed by atoms with Crippen molar-refractivity contribution in [3.63, 3.8) is 0 Å². The molecule has 1 atom stereocenters. The Morgan fingerprint density at radius 3 is 1.83 bits per heavy atom. The fourth-order valence-corrected chi connectivity index (χ4v) is 2.57. The molecular formula is C22H34O7. The largest absolute Gasteiger partial charge is 0.377 e. The van der Waals surface area contributed by atoms with Crippen LogP contribution in [0.4, 0.5) is 0 Å². The minimum absolute atomic E-state index is 0.162. The van der Waals surface area contributed by atoms with E-state index >= 15 is 0 Å². The van der Waals surface area contributed by atoms with E-state index in [9.17, 15) is 0 Å². The van der Waals surface area contributed by atoms with E-state index < -0.39 is 0 Å². The summed E-state index contributed by atoms with van der Waals surface area (Å²) in [5.74, 6) is 0. The quantitative estimate of drug-likeness (QED) is 0.738. The highest BCUT2D eigenvalue weighted by Gasteiger charge is 2.11. The number of ether oxygens (including phenoxy) is 7. The molecule has 7 heteroatoms. The van der Waals surface area contributed by atoms with Crippen LogP contribution in [-0.4, -0.2) is 85.4 Å². The van der Waals surface area contributed by atoms with Gasteiger partial charge in [-0.25, -0.2) is 0 Å². The Morgan fingerprint density at radius 1 is 0.759 bits per heavy atom. The Morgan fingerprint density at radius 2 is 1.28 bits per heavy atom. The third-order valence-electron chi connectivity index (χ3n) is 4.16. The number of hydrogen-bond donors (Lipinski definition) is 0. The van der Waals surface area contributed by atoms with Gasteiger partial charge in [-0.1, -0.05) is 36.9 Å². The van der Waals surface area contributed by atoms with E-state index in [0.717, 1.165) is 11.1 Å². The van der Waals surface area contributed by atoms with Crippen LogP contribution in [0.1, 0.15) is 11.1 Å². The van der Waals surface area contributed by atoms with E-state index in [4.69, 9.17) is 33.2 Å². The van der Waals surface area contributed by atoms with Crippen LogP contribution >= 0.6 is 0 Å². The van der Waals surface area contributed by atoms with Crippen molar-refractivity contribution in [3.05, 3.63) is 42.0 Å². The molecule has 1 aromatic carbocycles. The van der Waals surface area contributed by atoms with Crippen LogP contribution in [0.2, 0.25) is 0 Å². The summed E-state index contributed by atoms with van der Waals surface area (Å²) in [6.07, 6.45) is 1.66. The molecule has 0 N–H and O–H groups in total. The van der Waals surface area contributed by atoms with E-state index in [1.807, 2.05) is 30.3 Å². The molecule has 1 aliphatic rings. The van der Waals surface area contributed by atoms with Crippen LogP contribution in [-0.2, 0) is 39.8 Å². The van der Waals surface area contributed by atoms with Gasteiger partial charge in [-0.15, -0.1) is 0 Å². The molecule has 1 aromatic rings. The molecule has 1 unspecified atom stereocenters. The van der Waals surface area contributed by atoms with Crippen molar-refractivity contribution in [2.45, 2.75) is 12.7 Å². The van der Waals surface area contributed by atoms with Crippen molar-refractivity contribution in [3.8, 4) is 0 Å². The predicted molar refractivity (Wildman–Crippen MR) is 110 cm³/mol. The second-order valence-corrected chi connectivity index (χ2v) is 6.48. The lowest BCUT2D eigenvalue weighted by Gasteiger charge is -2.19. The van der Waals surface area contributed by atoms with Crippen molar-refractivity contribution >= 4 is 6.08 Å². The maximum atomic E-state index is 5.87. The van der Waals surface area contributed by atoms with Crippen molar-refractivity contribution in [2.24, 2.45) is 0 Å². The number of benzene rings is 1. The highest BCUT2D eigenvalue weighted by Crippen LogP contribution is 2.07. The molecule has 7 nitrogen and oxygen atoms in total. The topological polar surface area (TPSA) is 64.6 Å². The third kappa shape index (κ3) is 12.1. The summed E-state index contributed by atoms with van der Waals surface area (Å²) in [5, 5.41) is 0. The molecule has 0 bridgehead atoms. The first-order valence-corrected chi connectivity index (χ1v) is 10.2. The first-order chi connectivity index (χ1) is 14.4. The van der Waals surface area contributed by atoms with Crippen LogP contribution in [0.25, 0.3) is 6.08 Å². The molecule has 1 aliphatic heterocycles. The van der Waals surface area contributed by atoms with Crippen molar-refractivity contribution in [2.75, 3.05) is 79.3 Å².